The molecule has 116 valence electrons. The molecule has 23 heavy (non-hydrogen) atoms. The number of amides is 3. The first kappa shape index (κ1) is 13.9. The number of allylic oxidation sites excluding steroid dienone is 1. The number of nitriles is 1. The SMILES string of the molecule is CN1C(=O)N(C)C2C3C=C(C#N)C(c4ccccc43)C2(F)C1=O. The van der Waals surface area contributed by atoms with Gasteiger partial charge in [0.25, 0.3) is 5.91 Å². The Bertz CT molecular complexity index is 827. The Hall–Kier alpha value is -2.68. The highest BCUT2D eigenvalue weighted by Crippen LogP contribution is 2.58. The summed E-state index contributed by atoms with van der Waals surface area (Å²) in [5.41, 5.74) is -0.500. The van der Waals surface area contributed by atoms with E-state index in [1.54, 1.807) is 18.2 Å². The smallest absolute Gasteiger partial charge is 0.320 e. The normalized spacial score (nSPS) is 34.7. The third kappa shape index (κ3) is 1.40. The van der Waals surface area contributed by atoms with E-state index in [4.69, 9.17) is 0 Å². The van der Waals surface area contributed by atoms with Crippen LogP contribution in [0.2, 0.25) is 0 Å². The van der Waals surface area contributed by atoms with Gasteiger partial charge in [0.15, 0.2) is 0 Å². The van der Waals surface area contributed by atoms with E-state index in [-0.39, 0.29) is 5.57 Å². The van der Waals surface area contributed by atoms with Crippen LogP contribution in [0.4, 0.5) is 9.18 Å². The van der Waals surface area contributed by atoms with E-state index >= 15 is 4.39 Å². The molecule has 1 fully saturated rings. The molecule has 0 saturated carbocycles. The van der Waals surface area contributed by atoms with Crippen LogP contribution in [-0.2, 0) is 4.79 Å². The average Bonchev–Trinajstić information content (AvgIpc) is 2.58. The predicted octanol–water partition coefficient (Wildman–Crippen LogP) is 1.93. The topological polar surface area (TPSA) is 64.4 Å². The lowest BCUT2D eigenvalue weighted by Crippen LogP contribution is -2.73. The number of imide groups is 1. The molecule has 1 heterocycles. The summed E-state index contributed by atoms with van der Waals surface area (Å²) in [6.07, 6.45) is 1.71. The molecule has 4 unspecified atom stereocenters. The Morgan fingerprint density at radius 3 is 2.52 bits per heavy atom. The number of nitrogens with zero attached hydrogens (tertiary/aromatic N) is 3. The zero-order valence-corrected chi connectivity index (χ0v) is 12.7. The number of carbonyl (C=O) groups is 2. The number of likely N-dealkylation sites (N-methyl/N-ethyl adjacent to an activating group) is 1. The van der Waals surface area contributed by atoms with Gasteiger partial charge in [-0.05, 0) is 11.1 Å². The number of alkyl halides is 1. The summed E-state index contributed by atoms with van der Waals surface area (Å²) < 4.78 is 16.1. The number of halogens is 1. The van der Waals surface area contributed by atoms with Gasteiger partial charge < -0.3 is 4.90 Å². The van der Waals surface area contributed by atoms with Gasteiger partial charge in [0.2, 0.25) is 5.67 Å². The van der Waals surface area contributed by atoms with Crippen LogP contribution in [0.1, 0.15) is 23.0 Å². The van der Waals surface area contributed by atoms with Gasteiger partial charge in [-0.1, -0.05) is 30.3 Å². The molecule has 1 aromatic rings. The lowest BCUT2D eigenvalue weighted by atomic mass is 9.57. The summed E-state index contributed by atoms with van der Waals surface area (Å²) in [5, 5.41) is 9.42. The Morgan fingerprint density at radius 2 is 1.87 bits per heavy atom. The number of urea groups is 1. The molecule has 2 bridgehead atoms. The molecule has 1 aliphatic heterocycles. The van der Waals surface area contributed by atoms with Crippen LogP contribution >= 0.6 is 0 Å². The van der Waals surface area contributed by atoms with Crippen LogP contribution in [0, 0.1) is 11.3 Å². The van der Waals surface area contributed by atoms with E-state index in [2.05, 4.69) is 0 Å². The van der Waals surface area contributed by atoms with E-state index in [9.17, 15) is 14.9 Å². The highest BCUT2D eigenvalue weighted by atomic mass is 19.1. The molecule has 4 aliphatic rings. The van der Waals surface area contributed by atoms with E-state index in [1.165, 1.54) is 19.0 Å². The fourth-order valence-corrected chi connectivity index (χ4v) is 4.34. The molecule has 0 radical (unpaired) electrons. The number of carbonyl (C=O) groups excluding carboxylic acids is 2. The minimum absolute atomic E-state index is 0.261. The van der Waals surface area contributed by atoms with Gasteiger partial charge in [0.05, 0.1) is 18.0 Å². The van der Waals surface area contributed by atoms with Gasteiger partial charge in [0, 0.05) is 25.6 Å². The molecule has 0 spiro atoms. The molecule has 0 aromatic heterocycles. The van der Waals surface area contributed by atoms with Crippen molar-refractivity contribution in [1.82, 2.24) is 9.80 Å². The van der Waals surface area contributed by atoms with Crippen LogP contribution in [0.5, 0.6) is 0 Å². The first-order valence-corrected chi connectivity index (χ1v) is 7.37. The van der Waals surface area contributed by atoms with Crippen molar-refractivity contribution >= 4 is 11.9 Å². The Kier molecular flexibility index (Phi) is 2.54. The molecule has 0 N–H and O–H groups in total. The summed E-state index contributed by atoms with van der Waals surface area (Å²) in [4.78, 5) is 27.0. The maximum atomic E-state index is 16.1. The largest absolute Gasteiger partial charge is 0.326 e. The molecule has 1 aromatic carbocycles. The van der Waals surface area contributed by atoms with Gasteiger partial charge >= 0.3 is 6.03 Å². The molecule has 3 aliphatic carbocycles. The van der Waals surface area contributed by atoms with E-state index in [0.29, 0.717) is 5.56 Å². The van der Waals surface area contributed by atoms with Crippen LogP contribution in [0.15, 0.2) is 35.9 Å². The van der Waals surface area contributed by atoms with Gasteiger partial charge in [-0.3, -0.25) is 9.69 Å². The number of benzene rings is 1. The van der Waals surface area contributed by atoms with Crippen molar-refractivity contribution in [2.45, 2.75) is 23.5 Å². The number of hydrogen-bond acceptors (Lipinski definition) is 3. The number of rotatable bonds is 0. The average molecular weight is 311 g/mol. The van der Waals surface area contributed by atoms with Crippen molar-refractivity contribution in [1.29, 1.82) is 5.26 Å². The second kappa shape index (κ2) is 4.19. The molecular formula is C17H14FN3O2. The zero-order chi connectivity index (χ0) is 16.5. The van der Waals surface area contributed by atoms with Gasteiger partial charge in [-0.15, -0.1) is 0 Å². The summed E-state index contributed by atoms with van der Waals surface area (Å²) >= 11 is 0. The minimum Gasteiger partial charge on any atom is -0.320 e. The van der Waals surface area contributed by atoms with Gasteiger partial charge in [0.1, 0.15) is 0 Å². The maximum absolute atomic E-state index is 16.1. The minimum atomic E-state index is -2.31. The van der Waals surface area contributed by atoms with Crippen molar-refractivity contribution in [2.75, 3.05) is 14.1 Å². The third-order valence-corrected chi connectivity index (χ3v) is 5.29. The van der Waals surface area contributed by atoms with E-state index < -0.39 is 35.5 Å². The summed E-state index contributed by atoms with van der Waals surface area (Å²) in [7, 11) is 2.79. The first-order valence-electron chi connectivity index (χ1n) is 7.37. The molecular weight excluding hydrogens is 297 g/mol. The Morgan fingerprint density at radius 1 is 1.22 bits per heavy atom. The summed E-state index contributed by atoms with van der Waals surface area (Å²) in [6, 6.07) is 7.86. The van der Waals surface area contributed by atoms with E-state index in [1.807, 2.05) is 18.2 Å². The quantitative estimate of drug-likeness (QED) is 0.735. The fraction of sp³-hybridized carbons (Fsp3) is 0.353. The van der Waals surface area contributed by atoms with Crippen LogP contribution < -0.4 is 0 Å². The van der Waals surface area contributed by atoms with Crippen LogP contribution in [-0.4, -0.2) is 47.5 Å². The third-order valence-electron chi connectivity index (χ3n) is 5.29. The molecule has 6 heteroatoms. The molecule has 1 saturated heterocycles. The van der Waals surface area contributed by atoms with Gasteiger partial charge in [-0.2, -0.15) is 5.26 Å². The van der Waals surface area contributed by atoms with Crippen molar-refractivity contribution in [2.24, 2.45) is 0 Å². The monoisotopic (exact) mass is 311 g/mol. The second-order valence-electron chi connectivity index (χ2n) is 6.29. The second-order valence-corrected chi connectivity index (χ2v) is 6.29. The molecule has 3 amide bonds. The summed E-state index contributed by atoms with van der Waals surface area (Å²) in [6.45, 7) is 0. The molecule has 5 rings (SSSR count). The van der Waals surface area contributed by atoms with Crippen LogP contribution in [0.3, 0.4) is 0 Å². The fourth-order valence-electron chi connectivity index (χ4n) is 4.34. The lowest BCUT2D eigenvalue weighted by molar-refractivity contribution is -0.153. The van der Waals surface area contributed by atoms with Crippen molar-refractivity contribution in [3.8, 4) is 6.07 Å². The predicted molar refractivity (Wildman–Crippen MR) is 79.2 cm³/mol. The molecule has 5 nitrogen and oxygen atoms in total. The summed E-state index contributed by atoms with van der Waals surface area (Å²) in [5.74, 6) is -2.33. The number of hydrogen-bond donors (Lipinski definition) is 0. The van der Waals surface area contributed by atoms with E-state index in [0.717, 1.165) is 10.5 Å². The van der Waals surface area contributed by atoms with Crippen molar-refractivity contribution < 1.29 is 14.0 Å². The Balaban J connectivity index is 2.04. The maximum Gasteiger partial charge on any atom is 0.326 e. The lowest BCUT2D eigenvalue weighted by Gasteiger charge is -2.56. The highest BCUT2D eigenvalue weighted by Gasteiger charge is 2.68. The first-order chi connectivity index (χ1) is 10.9. The molecule has 4 atom stereocenters. The van der Waals surface area contributed by atoms with Crippen molar-refractivity contribution in [3.05, 3.63) is 47.0 Å². The van der Waals surface area contributed by atoms with Crippen LogP contribution in [0.25, 0.3) is 0 Å². The Labute approximate surface area is 132 Å². The van der Waals surface area contributed by atoms with Crippen molar-refractivity contribution in [3.63, 3.8) is 0 Å². The standard InChI is InChI=1S/C17H14FN3O2/c1-20-14-12-7-9(8-19)13(11-6-4-3-5-10(11)12)17(14,18)15(22)21(2)16(20)23/h3-7,12-14H,1-2H3. The highest BCUT2D eigenvalue weighted by molar-refractivity contribution is 6.04. The van der Waals surface area contributed by atoms with Gasteiger partial charge in [-0.25, -0.2) is 9.18 Å². The zero-order valence-electron chi connectivity index (χ0n) is 12.7.